The van der Waals surface area contributed by atoms with E-state index in [0.717, 1.165) is 23.4 Å². The topological polar surface area (TPSA) is 44.1 Å². The van der Waals surface area contributed by atoms with Gasteiger partial charge in [-0.3, -0.25) is 4.79 Å². The van der Waals surface area contributed by atoms with Gasteiger partial charge in [-0.15, -0.1) is 0 Å². The van der Waals surface area contributed by atoms with Crippen LogP contribution in [0, 0.1) is 13.8 Å². The number of para-hydroxylation sites is 1. The predicted molar refractivity (Wildman–Crippen MR) is 82.9 cm³/mol. The smallest absolute Gasteiger partial charge is 0.282 e. The number of aryl methyl sites for hydroxylation is 1. The summed E-state index contributed by atoms with van der Waals surface area (Å²) in [5.41, 5.74) is 3.41. The fraction of sp³-hybridized carbons (Fsp3) is 0.294. The van der Waals surface area contributed by atoms with E-state index in [4.69, 9.17) is 4.74 Å². The van der Waals surface area contributed by atoms with Crippen LogP contribution in [-0.4, -0.2) is 22.3 Å². The van der Waals surface area contributed by atoms with Crippen molar-refractivity contribution >= 4 is 5.91 Å². The van der Waals surface area contributed by atoms with Gasteiger partial charge in [0.25, 0.3) is 5.91 Å². The summed E-state index contributed by atoms with van der Waals surface area (Å²) >= 11 is 0. The highest BCUT2D eigenvalue weighted by atomic mass is 16.5. The van der Waals surface area contributed by atoms with Gasteiger partial charge in [-0.1, -0.05) is 31.7 Å². The van der Waals surface area contributed by atoms with Gasteiger partial charge in [0.05, 0.1) is 11.3 Å². The molecule has 1 aromatic heterocycles. The molecule has 4 heteroatoms. The minimum atomic E-state index is -0.171. The zero-order valence-corrected chi connectivity index (χ0v) is 12.7. The average molecular weight is 284 g/mol. The molecule has 0 spiro atoms. The van der Waals surface area contributed by atoms with E-state index in [1.165, 1.54) is 4.68 Å². The highest BCUT2D eigenvalue weighted by Crippen LogP contribution is 2.21. The van der Waals surface area contributed by atoms with Gasteiger partial charge in [0, 0.05) is 5.69 Å². The third-order valence-electron chi connectivity index (χ3n) is 3.46. The van der Waals surface area contributed by atoms with Crippen LogP contribution in [0.25, 0.3) is 0 Å². The fourth-order valence-corrected chi connectivity index (χ4v) is 2.42. The summed E-state index contributed by atoms with van der Waals surface area (Å²) in [4.78, 5) is 12.7. The van der Waals surface area contributed by atoms with Gasteiger partial charge >= 0.3 is 0 Å². The first-order valence-corrected chi connectivity index (χ1v) is 7.02. The second-order valence-corrected chi connectivity index (χ2v) is 4.82. The van der Waals surface area contributed by atoms with Gasteiger partial charge in [-0.25, -0.2) is 4.68 Å². The first-order valence-electron chi connectivity index (χ1n) is 7.02. The molecule has 0 saturated heterocycles. The predicted octanol–water partition coefficient (Wildman–Crippen LogP) is 3.32. The molecule has 0 bridgehead atoms. The van der Waals surface area contributed by atoms with Crippen molar-refractivity contribution in [3.63, 3.8) is 0 Å². The van der Waals surface area contributed by atoms with Crippen molar-refractivity contribution in [1.29, 1.82) is 0 Å². The first kappa shape index (κ1) is 15.0. The molecular weight excluding hydrogens is 264 g/mol. The second-order valence-electron chi connectivity index (χ2n) is 4.82. The molecule has 0 atom stereocenters. The Hall–Kier alpha value is -2.36. The lowest BCUT2D eigenvalue weighted by Gasteiger charge is -2.10. The number of hydrogen-bond acceptors (Lipinski definition) is 3. The van der Waals surface area contributed by atoms with Crippen LogP contribution in [0.15, 0.2) is 36.9 Å². The first-order chi connectivity index (χ1) is 10.1. The number of hydrogen-bond donors (Lipinski definition) is 0. The molecule has 0 radical (unpaired) electrons. The minimum Gasteiger partial charge on any atom is -0.489 e. The number of carbonyl (C=O) groups excluding carboxylic acids is 1. The number of ether oxygens (including phenoxy) is 1. The number of carbonyl (C=O) groups is 1. The second kappa shape index (κ2) is 6.39. The monoisotopic (exact) mass is 284 g/mol. The lowest BCUT2D eigenvalue weighted by atomic mass is 10.1. The summed E-state index contributed by atoms with van der Waals surface area (Å²) in [6, 6.07) is 7.19. The van der Waals surface area contributed by atoms with Crippen LogP contribution in [0.2, 0.25) is 0 Å². The van der Waals surface area contributed by atoms with Gasteiger partial charge < -0.3 is 4.74 Å². The lowest BCUT2D eigenvalue weighted by Crippen LogP contribution is -2.17. The highest BCUT2D eigenvalue weighted by Gasteiger charge is 2.19. The molecule has 2 aromatic rings. The van der Waals surface area contributed by atoms with E-state index in [-0.39, 0.29) is 5.91 Å². The molecule has 1 heterocycles. The summed E-state index contributed by atoms with van der Waals surface area (Å²) in [7, 11) is 0. The van der Waals surface area contributed by atoms with Crippen LogP contribution in [0.4, 0.5) is 0 Å². The number of nitrogens with zero attached hydrogens (tertiary/aromatic N) is 2. The van der Waals surface area contributed by atoms with Crippen LogP contribution in [0.3, 0.4) is 0 Å². The molecule has 0 amide bonds. The van der Waals surface area contributed by atoms with E-state index in [0.29, 0.717) is 17.9 Å². The normalized spacial score (nSPS) is 10.4. The van der Waals surface area contributed by atoms with E-state index in [2.05, 4.69) is 18.6 Å². The zero-order valence-electron chi connectivity index (χ0n) is 12.7. The van der Waals surface area contributed by atoms with E-state index in [9.17, 15) is 4.79 Å². The van der Waals surface area contributed by atoms with Crippen LogP contribution < -0.4 is 4.74 Å². The molecule has 0 aliphatic rings. The molecule has 110 valence electrons. The third kappa shape index (κ3) is 2.89. The van der Waals surface area contributed by atoms with Crippen molar-refractivity contribution < 1.29 is 9.53 Å². The maximum atomic E-state index is 12.7. The molecule has 4 nitrogen and oxygen atoms in total. The van der Waals surface area contributed by atoms with Crippen molar-refractivity contribution in [2.45, 2.75) is 27.2 Å². The summed E-state index contributed by atoms with van der Waals surface area (Å²) in [5, 5.41) is 4.37. The van der Waals surface area contributed by atoms with Crippen molar-refractivity contribution in [2.75, 3.05) is 6.61 Å². The quantitative estimate of drug-likeness (QED) is 0.791. The Balaban J connectivity index is 2.43. The van der Waals surface area contributed by atoms with Crippen LogP contribution >= 0.6 is 0 Å². The van der Waals surface area contributed by atoms with Crippen molar-refractivity contribution in [1.82, 2.24) is 9.78 Å². The highest BCUT2D eigenvalue weighted by molar-refractivity contribution is 5.98. The van der Waals surface area contributed by atoms with Gasteiger partial charge in [0.1, 0.15) is 12.4 Å². The Morgan fingerprint density at radius 1 is 1.38 bits per heavy atom. The van der Waals surface area contributed by atoms with Gasteiger partial charge in [0.15, 0.2) is 0 Å². The molecule has 2 rings (SSSR count). The Morgan fingerprint density at radius 2 is 2.10 bits per heavy atom. The molecule has 0 unspecified atom stereocenters. The zero-order chi connectivity index (χ0) is 15.4. The Labute approximate surface area is 125 Å². The maximum Gasteiger partial charge on any atom is 0.282 e. The van der Waals surface area contributed by atoms with E-state index in [1.807, 2.05) is 26.0 Å². The number of aromatic nitrogens is 2. The molecule has 21 heavy (non-hydrogen) atoms. The molecule has 0 fully saturated rings. The van der Waals surface area contributed by atoms with E-state index in [1.54, 1.807) is 18.2 Å². The minimum absolute atomic E-state index is 0.171. The summed E-state index contributed by atoms with van der Waals surface area (Å²) in [6.45, 7) is 9.89. The Morgan fingerprint density at radius 3 is 2.71 bits per heavy atom. The molecular formula is C17H20N2O2. The van der Waals surface area contributed by atoms with Crippen LogP contribution in [0.5, 0.6) is 5.75 Å². The summed E-state index contributed by atoms with van der Waals surface area (Å²) < 4.78 is 7.01. The summed E-state index contributed by atoms with van der Waals surface area (Å²) in [6.07, 6.45) is 2.51. The molecule has 0 aliphatic heterocycles. The molecule has 0 N–H and O–H groups in total. The Bertz CT molecular complexity index is 671. The van der Waals surface area contributed by atoms with Gasteiger partial charge in [-0.2, -0.15) is 5.10 Å². The largest absolute Gasteiger partial charge is 0.489 e. The SMILES string of the molecule is C=CCOc1ccccc1C(=O)n1nc(C)c(CC)c1C. The average Bonchev–Trinajstić information content (AvgIpc) is 2.79. The van der Waals surface area contributed by atoms with E-state index < -0.39 is 0 Å². The van der Waals surface area contributed by atoms with E-state index >= 15 is 0 Å². The fourth-order valence-electron chi connectivity index (χ4n) is 2.42. The van der Waals surface area contributed by atoms with Crippen molar-refractivity contribution in [2.24, 2.45) is 0 Å². The third-order valence-corrected chi connectivity index (χ3v) is 3.46. The maximum absolute atomic E-state index is 12.7. The number of rotatable bonds is 5. The van der Waals surface area contributed by atoms with Crippen molar-refractivity contribution in [3.05, 3.63) is 59.4 Å². The van der Waals surface area contributed by atoms with Crippen molar-refractivity contribution in [3.8, 4) is 5.75 Å². The van der Waals surface area contributed by atoms with Crippen LogP contribution in [-0.2, 0) is 6.42 Å². The molecule has 1 aromatic carbocycles. The van der Waals surface area contributed by atoms with Gasteiger partial charge in [0.2, 0.25) is 0 Å². The molecule has 0 saturated carbocycles. The van der Waals surface area contributed by atoms with Crippen LogP contribution in [0.1, 0.15) is 34.2 Å². The molecule has 0 aliphatic carbocycles. The lowest BCUT2D eigenvalue weighted by molar-refractivity contribution is 0.0938. The Kier molecular flexibility index (Phi) is 4.58. The number of benzene rings is 1. The van der Waals surface area contributed by atoms with Gasteiger partial charge in [-0.05, 0) is 38.0 Å². The summed E-state index contributed by atoms with van der Waals surface area (Å²) in [5.74, 6) is 0.378. The standard InChI is InChI=1S/C17H20N2O2/c1-5-11-21-16-10-8-7-9-15(16)17(20)19-13(4)14(6-2)12(3)18-19/h5,7-10H,1,6,11H2,2-4H3.